The van der Waals surface area contributed by atoms with E-state index in [0.29, 0.717) is 0 Å². The first-order valence-electron chi connectivity index (χ1n) is 7.07. The van der Waals surface area contributed by atoms with Gasteiger partial charge >= 0.3 is 0 Å². The Kier molecular flexibility index (Phi) is 9.64. The third-order valence-electron chi connectivity index (χ3n) is 3.38. The van der Waals surface area contributed by atoms with Gasteiger partial charge in [-0.3, -0.25) is 4.79 Å². The van der Waals surface area contributed by atoms with Crippen molar-refractivity contribution in [2.45, 2.75) is 30.3 Å². The van der Waals surface area contributed by atoms with E-state index in [2.05, 4.69) is 0 Å². The minimum absolute atomic E-state index is 0.0916. The van der Waals surface area contributed by atoms with E-state index in [1.807, 2.05) is 0 Å². The molecule has 0 saturated carbocycles. The molecule has 0 rings (SSSR count). The van der Waals surface area contributed by atoms with E-state index in [0.717, 1.165) is 4.90 Å². The number of aliphatic hydroxyl groups excluding tert-OH is 4. The van der Waals surface area contributed by atoms with Crippen molar-refractivity contribution < 1.29 is 30.3 Å². The second-order valence-electron chi connectivity index (χ2n) is 5.02. The van der Waals surface area contributed by atoms with Crippen LogP contribution < -0.4 is 17.2 Å². The van der Waals surface area contributed by atoms with E-state index in [-0.39, 0.29) is 39.1 Å². The quantitative estimate of drug-likeness (QED) is 0.183. The molecule has 0 saturated heterocycles. The maximum atomic E-state index is 12.5. The van der Waals surface area contributed by atoms with Gasteiger partial charge in [-0.25, -0.2) is 0 Å². The lowest BCUT2D eigenvalue weighted by Gasteiger charge is -2.38. The lowest BCUT2D eigenvalue weighted by atomic mass is 9.86. The van der Waals surface area contributed by atoms with Crippen LogP contribution in [0.15, 0.2) is 0 Å². The summed E-state index contributed by atoms with van der Waals surface area (Å²) in [4.78, 5) is 13.6. The molecule has 0 aliphatic heterocycles. The second kappa shape index (κ2) is 10.0. The molecule has 0 unspecified atom stereocenters. The van der Waals surface area contributed by atoms with Crippen LogP contribution in [0.1, 0.15) is 6.42 Å². The number of hydrogen-bond donors (Lipinski definition) is 8. The van der Waals surface area contributed by atoms with Gasteiger partial charge in [0, 0.05) is 32.6 Å². The molecule has 10 heteroatoms. The average molecular weight is 324 g/mol. The Bertz CT molecular complexity index is 329. The molecule has 0 radical (unpaired) electrons. The van der Waals surface area contributed by atoms with Crippen LogP contribution in [0.25, 0.3) is 0 Å². The van der Waals surface area contributed by atoms with Crippen LogP contribution in [-0.4, -0.2) is 99.6 Å². The van der Waals surface area contributed by atoms with Gasteiger partial charge < -0.3 is 47.6 Å². The summed E-state index contributed by atoms with van der Waals surface area (Å²) in [5.74, 6) is -0.898. The van der Waals surface area contributed by atoms with Crippen molar-refractivity contribution >= 4 is 5.91 Å². The van der Waals surface area contributed by atoms with Gasteiger partial charge in [0.15, 0.2) is 5.60 Å². The molecule has 0 heterocycles. The number of carbonyl (C=O) groups excluding carboxylic acids is 1. The summed E-state index contributed by atoms with van der Waals surface area (Å²) < 4.78 is 0. The van der Waals surface area contributed by atoms with Gasteiger partial charge in [0.25, 0.3) is 5.91 Å². The van der Waals surface area contributed by atoms with Crippen molar-refractivity contribution in [2.75, 3.05) is 39.3 Å². The summed E-state index contributed by atoms with van der Waals surface area (Å²) in [6.07, 6.45) is -6.04. The van der Waals surface area contributed by atoms with Crippen molar-refractivity contribution in [1.29, 1.82) is 0 Å². The van der Waals surface area contributed by atoms with Crippen LogP contribution in [0.5, 0.6) is 0 Å². The molecule has 10 nitrogen and oxygen atoms in total. The molecule has 22 heavy (non-hydrogen) atoms. The first-order valence-corrected chi connectivity index (χ1v) is 7.07. The smallest absolute Gasteiger partial charge is 0.257 e. The molecule has 0 aromatic carbocycles. The van der Waals surface area contributed by atoms with E-state index >= 15 is 0 Å². The maximum absolute atomic E-state index is 12.5. The summed E-state index contributed by atoms with van der Waals surface area (Å²) >= 11 is 0. The van der Waals surface area contributed by atoms with E-state index < -0.39 is 36.4 Å². The highest BCUT2D eigenvalue weighted by Gasteiger charge is 2.49. The zero-order chi connectivity index (χ0) is 17.3. The average Bonchev–Trinajstić information content (AvgIpc) is 2.51. The summed E-state index contributed by atoms with van der Waals surface area (Å²) in [5.41, 5.74) is 13.7. The van der Waals surface area contributed by atoms with Crippen LogP contribution in [0, 0.1) is 0 Å². The summed E-state index contributed by atoms with van der Waals surface area (Å²) in [6, 6.07) is 0. The van der Waals surface area contributed by atoms with Crippen molar-refractivity contribution in [3.05, 3.63) is 0 Å². The Hall–Kier alpha value is -0.850. The van der Waals surface area contributed by atoms with Crippen LogP contribution in [-0.2, 0) is 4.79 Å². The normalized spacial score (nSPS) is 18.4. The largest absolute Gasteiger partial charge is 0.394 e. The fourth-order valence-electron chi connectivity index (χ4n) is 2.10. The molecule has 11 N–H and O–H groups in total. The molecule has 1 amide bonds. The van der Waals surface area contributed by atoms with E-state index in [4.69, 9.17) is 22.3 Å². The Morgan fingerprint density at radius 2 is 1.55 bits per heavy atom. The van der Waals surface area contributed by atoms with Gasteiger partial charge in [0.2, 0.25) is 0 Å². The van der Waals surface area contributed by atoms with Gasteiger partial charge in [-0.15, -0.1) is 0 Å². The van der Waals surface area contributed by atoms with Gasteiger partial charge in [0.05, 0.1) is 6.61 Å². The van der Waals surface area contributed by atoms with E-state index in [1.54, 1.807) is 0 Å². The Balaban J connectivity index is 5.39. The Morgan fingerprint density at radius 3 is 1.91 bits per heavy atom. The molecule has 132 valence electrons. The molecule has 0 aromatic heterocycles. The molecular formula is C12H28N4O6. The maximum Gasteiger partial charge on any atom is 0.257 e. The Morgan fingerprint density at radius 1 is 1.05 bits per heavy atom. The number of hydrogen-bond acceptors (Lipinski definition) is 9. The number of nitrogens with zero attached hydrogens (tertiary/aromatic N) is 1. The Labute approximate surface area is 129 Å². The van der Waals surface area contributed by atoms with Crippen LogP contribution in [0.4, 0.5) is 0 Å². The lowest BCUT2D eigenvalue weighted by Crippen LogP contribution is -2.63. The van der Waals surface area contributed by atoms with Crippen molar-refractivity contribution in [3.63, 3.8) is 0 Å². The fourth-order valence-corrected chi connectivity index (χ4v) is 2.10. The van der Waals surface area contributed by atoms with Gasteiger partial charge in [-0.2, -0.15) is 0 Å². The molecule has 0 aromatic rings. The van der Waals surface area contributed by atoms with Crippen LogP contribution >= 0.6 is 0 Å². The summed E-state index contributed by atoms with van der Waals surface area (Å²) in [5, 5.41) is 48.6. The second-order valence-corrected chi connectivity index (χ2v) is 5.02. The lowest BCUT2D eigenvalue weighted by molar-refractivity contribution is -0.186. The highest BCUT2D eigenvalue weighted by Crippen LogP contribution is 2.23. The third kappa shape index (κ3) is 5.11. The molecule has 0 fully saturated rings. The van der Waals surface area contributed by atoms with Crippen molar-refractivity contribution in [3.8, 4) is 0 Å². The molecule has 0 aliphatic carbocycles. The first kappa shape index (κ1) is 21.1. The third-order valence-corrected chi connectivity index (χ3v) is 3.38. The predicted octanol–water partition coefficient (Wildman–Crippen LogP) is -5.11. The van der Waals surface area contributed by atoms with Gasteiger partial charge in [-0.1, -0.05) is 0 Å². The summed E-state index contributed by atoms with van der Waals surface area (Å²) in [6.45, 7) is -0.589. The highest BCUT2D eigenvalue weighted by molar-refractivity contribution is 5.86. The fraction of sp³-hybridized carbons (Fsp3) is 0.917. The number of amides is 1. The van der Waals surface area contributed by atoms with Crippen molar-refractivity contribution in [1.82, 2.24) is 4.90 Å². The predicted molar refractivity (Wildman–Crippen MR) is 78.4 cm³/mol. The van der Waals surface area contributed by atoms with E-state index in [9.17, 15) is 25.2 Å². The molecule has 0 bridgehead atoms. The van der Waals surface area contributed by atoms with Gasteiger partial charge in [0.1, 0.15) is 18.3 Å². The zero-order valence-corrected chi connectivity index (χ0v) is 12.5. The molecule has 4 atom stereocenters. The van der Waals surface area contributed by atoms with Gasteiger partial charge in [-0.05, 0) is 6.54 Å². The number of rotatable bonds is 11. The standard InChI is InChI=1S/C12H28N4O6/c13-2-1-12(22,10(20)9(19)8(18)7-17)11(21)16(5-3-14)6-4-15/h8-10,17-20,22H,1-7,13-15H2/t8-,9-,10+,12-/m1/s1. The van der Waals surface area contributed by atoms with E-state index in [1.165, 1.54) is 0 Å². The molecular weight excluding hydrogens is 296 g/mol. The first-order chi connectivity index (χ1) is 10.3. The zero-order valence-electron chi connectivity index (χ0n) is 12.5. The molecule has 0 aliphatic rings. The number of carbonyl (C=O) groups is 1. The van der Waals surface area contributed by atoms with Crippen LogP contribution in [0.2, 0.25) is 0 Å². The minimum Gasteiger partial charge on any atom is -0.394 e. The van der Waals surface area contributed by atoms with Crippen molar-refractivity contribution in [2.24, 2.45) is 17.2 Å². The number of aliphatic hydroxyl groups is 5. The summed E-state index contributed by atoms with van der Waals surface area (Å²) in [7, 11) is 0. The highest BCUT2D eigenvalue weighted by atomic mass is 16.4. The molecule has 0 spiro atoms. The topological polar surface area (TPSA) is 200 Å². The monoisotopic (exact) mass is 324 g/mol. The SMILES string of the molecule is NCCN(CCN)C(=O)[C@@](O)(CCN)[C@@H](O)[C@H](O)[C@H](O)CO. The van der Waals surface area contributed by atoms with Crippen LogP contribution in [0.3, 0.4) is 0 Å². The number of nitrogens with two attached hydrogens (primary N) is 3. The minimum atomic E-state index is -2.42.